The summed E-state index contributed by atoms with van der Waals surface area (Å²) in [6, 6.07) is 3.88. The summed E-state index contributed by atoms with van der Waals surface area (Å²) in [7, 11) is -1.90. The highest BCUT2D eigenvalue weighted by Crippen LogP contribution is 2.19. The van der Waals surface area contributed by atoms with Crippen LogP contribution in [0.1, 0.15) is 17.6 Å². The molecule has 0 saturated heterocycles. The second-order valence-electron chi connectivity index (χ2n) is 4.49. The molecule has 0 bridgehead atoms. The van der Waals surface area contributed by atoms with Gasteiger partial charge >= 0.3 is 0 Å². The van der Waals surface area contributed by atoms with Crippen molar-refractivity contribution >= 4 is 21.4 Å². The van der Waals surface area contributed by atoms with E-state index < -0.39 is 10.0 Å². The van der Waals surface area contributed by atoms with Gasteiger partial charge in [-0.2, -0.15) is 4.31 Å². The Morgan fingerprint density at radius 2 is 2.26 bits per heavy atom. The van der Waals surface area contributed by atoms with Crippen LogP contribution < -0.4 is 0 Å². The van der Waals surface area contributed by atoms with Crippen molar-refractivity contribution in [1.82, 2.24) is 14.3 Å². The summed E-state index contributed by atoms with van der Waals surface area (Å²) in [6.45, 7) is 3.63. The highest BCUT2D eigenvalue weighted by Gasteiger charge is 2.27. The van der Waals surface area contributed by atoms with Gasteiger partial charge in [0.2, 0.25) is 0 Å². The van der Waals surface area contributed by atoms with Gasteiger partial charge in [0.15, 0.2) is 5.03 Å². The number of hydrogen-bond donors (Lipinski definition) is 1. The third-order valence-corrected chi connectivity index (χ3v) is 5.81. The number of hydrogen-bond acceptors (Lipinski definition) is 4. The highest BCUT2D eigenvalue weighted by atomic mass is 32.2. The standard InChI is InChI=1S/C12H17N3O2S2/c1-9(7-11-5-4-6-18-11)15(3)19(16,17)12-8-13-10(2)14-12/h4-6,8-9H,7H2,1-3H3,(H,13,14). The second kappa shape index (κ2) is 5.44. The van der Waals surface area contributed by atoms with E-state index in [2.05, 4.69) is 9.97 Å². The number of sulfonamides is 1. The molecular formula is C12H17N3O2S2. The summed E-state index contributed by atoms with van der Waals surface area (Å²) in [5.74, 6) is 0.595. The largest absolute Gasteiger partial charge is 0.332 e. The van der Waals surface area contributed by atoms with Crippen molar-refractivity contribution in [3.05, 3.63) is 34.4 Å². The summed E-state index contributed by atoms with van der Waals surface area (Å²) in [4.78, 5) is 7.89. The number of H-pyrrole nitrogens is 1. The zero-order valence-corrected chi connectivity index (χ0v) is 12.8. The molecule has 2 aromatic rings. The Hall–Kier alpha value is -1.18. The molecular weight excluding hydrogens is 282 g/mol. The Bertz CT molecular complexity index is 632. The van der Waals surface area contributed by atoms with Gasteiger partial charge in [0, 0.05) is 18.0 Å². The first-order valence-corrected chi connectivity index (χ1v) is 8.25. The lowest BCUT2D eigenvalue weighted by Gasteiger charge is -2.23. The lowest BCUT2D eigenvalue weighted by atomic mass is 10.2. The van der Waals surface area contributed by atoms with Gasteiger partial charge in [-0.15, -0.1) is 11.3 Å². The first-order valence-electron chi connectivity index (χ1n) is 5.93. The SMILES string of the molecule is Cc1ncc(S(=O)(=O)N(C)C(C)Cc2cccs2)[nH]1. The quantitative estimate of drug-likeness (QED) is 0.918. The van der Waals surface area contributed by atoms with Crippen molar-refractivity contribution in [3.8, 4) is 0 Å². The number of aromatic amines is 1. The molecule has 5 nitrogen and oxygen atoms in total. The minimum absolute atomic E-state index is 0.104. The molecule has 0 aliphatic heterocycles. The van der Waals surface area contributed by atoms with Crippen LogP contribution in [0.5, 0.6) is 0 Å². The molecule has 0 aliphatic rings. The minimum atomic E-state index is -3.50. The number of nitrogens with one attached hydrogen (secondary N) is 1. The van der Waals surface area contributed by atoms with Crippen molar-refractivity contribution in [2.75, 3.05) is 7.05 Å². The number of aromatic nitrogens is 2. The number of thiophene rings is 1. The Kier molecular flexibility index (Phi) is 4.07. The molecule has 0 amide bonds. The van der Waals surface area contributed by atoms with Crippen molar-refractivity contribution in [3.63, 3.8) is 0 Å². The molecule has 0 radical (unpaired) electrons. The molecule has 1 unspecified atom stereocenters. The zero-order valence-electron chi connectivity index (χ0n) is 11.1. The smallest absolute Gasteiger partial charge is 0.260 e. The summed E-state index contributed by atoms with van der Waals surface area (Å²) in [6.07, 6.45) is 2.07. The first kappa shape index (κ1) is 14.2. The van der Waals surface area contributed by atoms with Gasteiger partial charge in [-0.05, 0) is 31.7 Å². The van der Waals surface area contributed by atoms with Crippen LogP contribution >= 0.6 is 11.3 Å². The number of likely N-dealkylation sites (N-methyl/N-ethyl adjacent to an activating group) is 1. The maximum atomic E-state index is 12.4. The molecule has 0 fully saturated rings. The third kappa shape index (κ3) is 3.05. The molecule has 0 aliphatic carbocycles. The monoisotopic (exact) mass is 299 g/mol. The summed E-state index contributed by atoms with van der Waals surface area (Å²) in [5, 5.41) is 2.14. The molecule has 7 heteroatoms. The highest BCUT2D eigenvalue weighted by molar-refractivity contribution is 7.89. The molecule has 0 aromatic carbocycles. The van der Waals surface area contributed by atoms with Gasteiger partial charge in [-0.3, -0.25) is 0 Å². The zero-order chi connectivity index (χ0) is 14.0. The van der Waals surface area contributed by atoms with E-state index in [-0.39, 0.29) is 11.1 Å². The normalized spacial score (nSPS) is 13.9. The summed E-state index contributed by atoms with van der Waals surface area (Å²) in [5.41, 5.74) is 0. The average Bonchev–Trinajstić information content (AvgIpc) is 2.99. The van der Waals surface area contributed by atoms with Crippen LogP contribution in [0.15, 0.2) is 28.7 Å². The van der Waals surface area contributed by atoms with Crippen molar-refractivity contribution in [1.29, 1.82) is 0 Å². The Morgan fingerprint density at radius 1 is 1.53 bits per heavy atom. The van der Waals surface area contributed by atoms with Crippen molar-refractivity contribution < 1.29 is 8.42 Å². The van der Waals surface area contributed by atoms with Gasteiger partial charge in [-0.1, -0.05) is 6.07 Å². The van der Waals surface area contributed by atoms with E-state index in [9.17, 15) is 8.42 Å². The van der Waals surface area contributed by atoms with Crippen LogP contribution in [0.3, 0.4) is 0 Å². The number of rotatable bonds is 5. The van der Waals surface area contributed by atoms with Crippen LogP contribution in [0.4, 0.5) is 0 Å². The van der Waals surface area contributed by atoms with E-state index in [4.69, 9.17) is 0 Å². The van der Waals surface area contributed by atoms with Crippen LogP contribution in [-0.2, 0) is 16.4 Å². The molecule has 104 valence electrons. The Balaban J connectivity index is 2.16. The fourth-order valence-corrected chi connectivity index (χ4v) is 3.92. The van der Waals surface area contributed by atoms with Crippen LogP contribution in [0, 0.1) is 6.92 Å². The predicted molar refractivity (Wildman–Crippen MR) is 75.8 cm³/mol. The maximum absolute atomic E-state index is 12.4. The van der Waals surface area contributed by atoms with Crippen molar-refractivity contribution in [2.24, 2.45) is 0 Å². The maximum Gasteiger partial charge on any atom is 0.260 e. The van der Waals surface area contributed by atoms with E-state index in [0.717, 1.165) is 0 Å². The molecule has 19 heavy (non-hydrogen) atoms. The van der Waals surface area contributed by atoms with E-state index in [1.165, 1.54) is 15.4 Å². The summed E-state index contributed by atoms with van der Waals surface area (Å²) >= 11 is 1.64. The number of imidazole rings is 1. The minimum Gasteiger partial charge on any atom is -0.332 e. The second-order valence-corrected chi connectivity index (χ2v) is 7.48. The molecule has 2 rings (SSSR count). The summed E-state index contributed by atoms with van der Waals surface area (Å²) < 4.78 is 26.1. The van der Waals surface area contributed by atoms with E-state index >= 15 is 0 Å². The third-order valence-electron chi connectivity index (χ3n) is 3.03. The fraction of sp³-hybridized carbons (Fsp3) is 0.417. The molecule has 2 heterocycles. The molecule has 0 spiro atoms. The Morgan fingerprint density at radius 3 is 2.79 bits per heavy atom. The van der Waals surface area contributed by atoms with Crippen molar-refractivity contribution in [2.45, 2.75) is 31.3 Å². The Labute approximate surface area is 117 Å². The average molecular weight is 299 g/mol. The van der Waals surface area contributed by atoms with E-state index in [1.54, 1.807) is 25.3 Å². The van der Waals surface area contributed by atoms with Gasteiger partial charge in [0.1, 0.15) is 5.82 Å². The predicted octanol–water partition coefficient (Wildman–Crippen LogP) is 2.03. The van der Waals surface area contributed by atoms with Gasteiger partial charge in [0.05, 0.1) is 6.20 Å². The van der Waals surface area contributed by atoms with Crippen LogP contribution in [-0.4, -0.2) is 35.8 Å². The van der Waals surface area contributed by atoms with Crippen LogP contribution in [0.2, 0.25) is 0 Å². The molecule has 1 atom stereocenters. The lowest BCUT2D eigenvalue weighted by Crippen LogP contribution is -2.36. The molecule has 0 saturated carbocycles. The number of aryl methyl sites for hydroxylation is 1. The lowest BCUT2D eigenvalue weighted by molar-refractivity contribution is 0.387. The fourth-order valence-electron chi connectivity index (χ4n) is 1.77. The topological polar surface area (TPSA) is 66.1 Å². The van der Waals surface area contributed by atoms with E-state index in [0.29, 0.717) is 12.2 Å². The van der Waals surface area contributed by atoms with Gasteiger partial charge in [-0.25, -0.2) is 13.4 Å². The van der Waals surface area contributed by atoms with Gasteiger partial charge in [0.25, 0.3) is 10.0 Å². The van der Waals surface area contributed by atoms with Gasteiger partial charge < -0.3 is 4.98 Å². The first-order chi connectivity index (χ1) is 8.91. The van der Waals surface area contributed by atoms with E-state index in [1.807, 2.05) is 24.4 Å². The molecule has 2 aromatic heterocycles. The van der Waals surface area contributed by atoms with Crippen LogP contribution in [0.25, 0.3) is 0 Å². The number of nitrogens with zero attached hydrogens (tertiary/aromatic N) is 2. The molecule has 1 N–H and O–H groups in total.